The van der Waals surface area contributed by atoms with Gasteiger partial charge in [-0.2, -0.15) is 8.78 Å². The fourth-order valence-electron chi connectivity index (χ4n) is 1.65. The molecule has 0 aromatic heterocycles. The Morgan fingerprint density at radius 1 is 1.00 bits per heavy atom. The van der Waals surface area contributed by atoms with Crippen molar-refractivity contribution < 1.29 is 13.5 Å². The molecule has 0 aliphatic heterocycles. The van der Waals surface area contributed by atoms with Gasteiger partial charge < -0.3 is 15.4 Å². The molecule has 3 nitrogen and oxygen atoms in total. The highest BCUT2D eigenvalue weighted by Crippen LogP contribution is 2.29. The molecule has 0 atom stereocenters. The van der Waals surface area contributed by atoms with Crippen LogP contribution in [-0.2, 0) is 0 Å². The van der Waals surface area contributed by atoms with Crippen molar-refractivity contribution in [3.63, 3.8) is 0 Å². The summed E-state index contributed by atoms with van der Waals surface area (Å²) >= 11 is 22.8. The number of ether oxygens (including phenoxy) is 1. The topological polar surface area (TPSA) is 33.3 Å². The van der Waals surface area contributed by atoms with E-state index >= 15 is 0 Å². The summed E-state index contributed by atoms with van der Waals surface area (Å²) in [6.07, 6.45) is 0. The number of thiocarbonyl (C=S) groups is 1. The van der Waals surface area contributed by atoms with Crippen LogP contribution in [0, 0.1) is 0 Å². The Balaban J connectivity index is 2.04. The summed E-state index contributed by atoms with van der Waals surface area (Å²) in [4.78, 5) is 0. The Bertz CT molecular complexity index is 731. The van der Waals surface area contributed by atoms with Crippen LogP contribution in [0.5, 0.6) is 5.75 Å². The van der Waals surface area contributed by atoms with Crippen molar-refractivity contribution in [3.8, 4) is 5.75 Å². The molecule has 0 amide bonds. The SMILES string of the molecule is FC(F)Oc1ccc(NC(=S)Nc2ccc(Cl)cc2Cl)cc1Cl. The van der Waals surface area contributed by atoms with Gasteiger partial charge in [-0.3, -0.25) is 0 Å². The van der Waals surface area contributed by atoms with E-state index in [1.54, 1.807) is 18.2 Å². The first kappa shape index (κ1) is 18.0. The van der Waals surface area contributed by atoms with Crippen LogP contribution in [0.2, 0.25) is 15.1 Å². The predicted octanol–water partition coefficient (Wildman–Crippen LogP) is 6.06. The number of alkyl halides is 2. The molecule has 0 spiro atoms. The second kappa shape index (κ2) is 7.97. The summed E-state index contributed by atoms with van der Waals surface area (Å²) in [5.74, 6) is -0.119. The summed E-state index contributed by atoms with van der Waals surface area (Å²) in [6, 6.07) is 9.13. The molecule has 0 unspecified atom stereocenters. The standard InChI is InChI=1S/C14H9Cl3F2N2OS/c15-7-1-3-11(9(16)5-7)21-14(23)20-8-2-4-12(10(17)6-8)22-13(18)19/h1-6,13H,(H2,20,21,23). The molecule has 0 saturated carbocycles. The highest BCUT2D eigenvalue weighted by Gasteiger charge is 2.10. The van der Waals surface area contributed by atoms with E-state index in [4.69, 9.17) is 47.0 Å². The molecule has 23 heavy (non-hydrogen) atoms. The molecule has 2 rings (SSSR count). The maximum absolute atomic E-state index is 12.2. The maximum atomic E-state index is 12.2. The van der Waals surface area contributed by atoms with Crippen molar-refractivity contribution >= 4 is 63.5 Å². The van der Waals surface area contributed by atoms with E-state index in [2.05, 4.69) is 15.4 Å². The van der Waals surface area contributed by atoms with E-state index in [-0.39, 0.29) is 15.9 Å². The molecule has 0 aliphatic rings. The minimum absolute atomic E-state index is 0.0302. The number of anilines is 2. The summed E-state index contributed by atoms with van der Waals surface area (Å²) in [5, 5.41) is 6.92. The predicted molar refractivity (Wildman–Crippen MR) is 94.4 cm³/mol. The van der Waals surface area contributed by atoms with Gasteiger partial charge in [-0.15, -0.1) is 0 Å². The Hall–Kier alpha value is -1.34. The van der Waals surface area contributed by atoms with E-state index < -0.39 is 6.61 Å². The second-order valence-electron chi connectivity index (χ2n) is 4.23. The number of hydrogen-bond acceptors (Lipinski definition) is 2. The van der Waals surface area contributed by atoms with Crippen molar-refractivity contribution in [2.75, 3.05) is 10.6 Å². The first-order valence-electron chi connectivity index (χ1n) is 6.12. The van der Waals surface area contributed by atoms with E-state index in [9.17, 15) is 8.78 Å². The van der Waals surface area contributed by atoms with Crippen molar-refractivity contribution in [2.45, 2.75) is 6.61 Å². The van der Waals surface area contributed by atoms with Crippen molar-refractivity contribution in [2.24, 2.45) is 0 Å². The van der Waals surface area contributed by atoms with Gasteiger partial charge in [0.2, 0.25) is 0 Å². The Kier molecular flexibility index (Phi) is 6.24. The number of nitrogens with one attached hydrogen (secondary N) is 2. The molecule has 2 aromatic carbocycles. The molecule has 0 saturated heterocycles. The number of rotatable bonds is 4. The van der Waals surface area contributed by atoms with Gasteiger partial charge in [0, 0.05) is 10.7 Å². The van der Waals surface area contributed by atoms with Gasteiger partial charge >= 0.3 is 6.61 Å². The van der Waals surface area contributed by atoms with Crippen LogP contribution in [0.25, 0.3) is 0 Å². The van der Waals surface area contributed by atoms with Crippen LogP contribution in [0.15, 0.2) is 36.4 Å². The Morgan fingerprint density at radius 2 is 1.74 bits per heavy atom. The molecule has 0 aliphatic carbocycles. The summed E-state index contributed by atoms with van der Waals surface area (Å²) in [5.41, 5.74) is 1.07. The van der Waals surface area contributed by atoms with Crippen LogP contribution in [0.1, 0.15) is 0 Å². The lowest BCUT2D eigenvalue weighted by Crippen LogP contribution is -2.19. The zero-order chi connectivity index (χ0) is 17.0. The minimum Gasteiger partial charge on any atom is -0.433 e. The van der Waals surface area contributed by atoms with Gasteiger partial charge in [-0.05, 0) is 48.6 Å². The number of benzene rings is 2. The van der Waals surface area contributed by atoms with E-state index in [0.717, 1.165) is 0 Å². The molecular weight excluding hydrogens is 389 g/mol. The zero-order valence-corrected chi connectivity index (χ0v) is 14.3. The molecule has 2 aromatic rings. The zero-order valence-electron chi connectivity index (χ0n) is 11.2. The maximum Gasteiger partial charge on any atom is 0.387 e. The molecule has 2 N–H and O–H groups in total. The molecule has 9 heteroatoms. The third-order valence-electron chi connectivity index (χ3n) is 2.59. The quantitative estimate of drug-likeness (QED) is 0.615. The highest BCUT2D eigenvalue weighted by atomic mass is 35.5. The summed E-state index contributed by atoms with van der Waals surface area (Å²) < 4.78 is 28.6. The van der Waals surface area contributed by atoms with Crippen LogP contribution in [0.3, 0.4) is 0 Å². The smallest absolute Gasteiger partial charge is 0.387 e. The van der Waals surface area contributed by atoms with Gasteiger partial charge in [0.25, 0.3) is 0 Å². The average Bonchev–Trinajstić information content (AvgIpc) is 2.44. The van der Waals surface area contributed by atoms with Crippen LogP contribution >= 0.6 is 47.0 Å². The number of halogens is 5. The van der Waals surface area contributed by atoms with Gasteiger partial charge in [-0.1, -0.05) is 34.8 Å². The summed E-state index contributed by atoms with van der Waals surface area (Å²) in [6.45, 7) is -2.94. The molecule has 0 fully saturated rings. The molecule has 0 radical (unpaired) electrons. The summed E-state index contributed by atoms with van der Waals surface area (Å²) in [7, 11) is 0. The number of hydrogen-bond donors (Lipinski definition) is 2. The van der Waals surface area contributed by atoms with Gasteiger partial charge in [0.1, 0.15) is 5.75 Å². The molecule has 122 valence electrons. The van der Waals surface area contributed by atoms with E-state index in [0.29, 0.717) is 21.4 Å². The largest absolute Gasteiger partial charge is 0.433 e. The van der Waals surface area contributed by atoms with Crippen molar-refractivity contribution in [1.29, 1.82) is 0 Å². The first-order valence-corrected chi connectivity index (χ1v) is 7.67. The van der Waals surface area contributed by atoms with Crippen LogP contribution < -0.4 is 15.4 Å². The molecular formula is C14H9Cl3F2N2OS. The average molecular weight is 398 g/mol. The lowest BCUT2D eigenvalue weighted by atomic mass is 10.3. The third-order valence-corrected chi connectivity index (χ3v) is 3.63. The van der Waals surface area contributed by atoms with Crippen LogP contribution in [0.4, 0.5) is 20.2 Å². The molecule has 0 bridgehead atoms. The molecule has 0 heterocycles. The van der Waals surface area contributed by atoms with E-state index in [1.807, 2.05) is 0 Å². The van der Waals surface area contributed by atoms with E-state index in [1.165, 1.54) is 18.2 Å². The lowest BCUT2D eigenvalue weighted by Gasteiger charge is -2.13. The monoisotopic (exact) mass is 396 g/mol. The fourth-order valence-corrected chi connectivity index (χ4v) is 2.55. The normalized spacial score (nSPS) is 10.5. The van der Waals surface area contributed by atoms with Crippen LogP contribution in [-0.4, -0.2) is 11.7 Å². The highest BCUT2D eigenvalue weighted by molar-refractivity contribution is 7.80. The van der Waals surface area contributed by atoms with Gasteiger partial charge in [0.05, 0.1) is 15.7 Å². The van der Waals surface area contributed by atoms with Gasteiger partial charge in [-0.25, -0.2) is 0 Å². The minimum atomic E-state index is -2.94. The van der Waals surface area contributed by atoms with Crippen molar-refractivity contribution in [3.05, 3.63) is 51.5 Å². The lowest BCUT2D eigenvalue weighted by molar-refractivity contribution is -0.0497. The first-order chi connectivity index (χ1) is 10.8. The Labute approximate surface area is 151 Å². The second-order valence-corrected chi connectivity index (χ2v) is 5.89. The fraction of sp³-hybridized carbons (Fsp3) is 0.0714. The third kappa shape index (κ3) is 5.35. The van der Waals surface area contributed by atoms with Crippen molar-refractivity contribution in [1.82, 2.24) is 0 Å². The van der Waals surface area contributed by atoms with Gasteiger partial charge in [0.15, 0.2) is 5.11 Å². The Morgan fingerprint density at radius 3 is 2.35 bits per heavy atom.